The predicted molar refractivity (Wildman–Crippen MR) is 93.8 cm³/mol. The van der Waals surface area contributed by atoms with E-state index in [1.165, 1.54) is 0 Å². The summed E-state index contributed by atoms with van der Waals surface area (Å²) < 4.78 is 10.3. The number of nitrogens with zero attached hydrogens (tertiary/aromatic N) is 3. The summed E-state index contributed by atoms with van der Waals surface area (Å²) in [6, 6.07) is 3.75. The van der Waals surface area contributed by atoms with Crippen LogP contribution < -0.4 is 11.1 Å². The Morgan fingerprint density at radius 2 is 2.08 bits per heavy atom. The number of pyridine rings is 1. The Morgan fingerprint density at radius 3 is 2.56 bits per heavy atom. The average molecular weight is 347 g/mol. The van der Waals surface area contributed by atoms with Crippen molar-refractivity contribution in [3.63, 3.8) is 0 Å². The third-order valence-electron chi connectivity index (χ3n) is 3.83. The molecule has 0 radical (unpaired) electrons. The van der Waals surface area contributed by atoms with Crippen LogP contribution >= 0.6 is 0 Å². The fourth-order valence-electron chi connectivity index (χ4n) is 2.70. The number of hydrogen-bond acceptors (Lipinski definition) is 7. The summed E-state index contributed by atoms with van der Waals surface area (Å²) in [5.74, 6) is 1.71. The number of aryl methyl sites for hydroxylation is 1. The molecule has 8 heteroatoms. The maximum Gasteiger partial charge on any atom is 0.404 e. The van der Waals surface area contributed by atoms with Gasteiger partial charge in [0.15, 0.2) is 0 Å². The summed E-state index contributed by atoms with van der Waals surface area (Å²) in [4.78, 5) is 15.3. The molecule has 8 nitrogen and oxygen atoms in total. The van der Waals surface area contributed by atoms with Crippen LogP contribution in [0.1, 0.15) is 33.6 Å². The summed E-state index contributed by atoms with van der Waals surface area (Å²) in [6.07, 6.45) is 0.913. The molecule has 25 heavy (non-hydrogen) atoms. The normalized spacial score (nSPS) is 14.0. The van der Waals surface area contributed by atoms with E-state index in [1.807, 2.05) is 19.1 Å². The first-order valence-electron chi connectivity index (χ1n) is 8.12. The number of carbonyl (C=O) groups excluding carboxylic acids is 1. The molecular formula is C17H25N5O3. The van der Waals surface area contributed by atoms with E-state index in [1.54, 1.807) is 13.1 Å². The lowest BCUT2D eigenvalue weighted by atomic mass is 9.80. The second-order valence-corrected chi connectivity index (χ2v) is 7.15. The van der Waals surface area contributed by atoms with Gasteiger partial charge in [0.25, 0.3) is 0 Å². The maximum absolute atomic E-state index is 10.9. The van der Waals surface area contributed by atoms with Gasteiger partial charge in [-0.05, 0) is 17.5 Å². The lowest BCUT2D eigenvalue weighted by Gasteiger charge is -2.36. The van der Waals surface area contributed by atoms with Gasteiger partial charge >= 0.3 is 6.09 Å². The molecule has 0 saturated carbocycles. The van der Waals surface area contributed by atoms with Crippen LogP contribution in [-0.2, 0) is 4.74 Å². The molecule has 0 aliphatic heterocycles. The number of nitrogens with two attached hydrogens (primary N) is 1. The SMILES string of the molecule is Cc1nnc(-c2ccc(NC(C(C)COC(N)=O)C(C)(C)C)nc2)o1. The highest BCUT2D eigenvalue weighted by Gasteiger charge is 2.30. The number of aromatic nitrogens is 3. The minimum absolute atomic E-state index is 0.0239. The van der Waals surface area contributed by atoms with Crippen molar-refractivity contribution in [2.45, 2.75) is 40.7 Å². The van der Waals surface area contributed by atoms with E-state index in [0.29, 0.717) is 17.6 Å². The molecule has 136 valence electrons. The minimum atomic E-state index is -0.767. The van der Waals surface area contributed by atoms with Crippen LogP contribution in [0.15, 0.2) is 22.7 Å². The molecule has 0 bridgehead atoms. The number of amides is 1. The van der Waals surface area contributed by atoms with Crippen molar-refractivity contribution < 1.29 is 13.9 Å². The second-order valence-electron chi connectivity index (χ2n) is 7.15. The zero-order valence-electron chi connectivity index (χ0n) is 15.2. The van der Waals surface area contributed by atoms with Gasteiger partial charge in [-0.1, -0.05) is 27.7 Å². The lowest BCUT2D eigenvalue weighted by molar-refractivity contribution is 0.120. The third-order valence-corrected chi connectivity index (χ3v) is 3.83. The topological polar surface area (TPSA) is 116 Å². The van der Waals surface area contributed by atoms with E-state index in [9.17, 15) is 4.79 Å². The van der Waals surface area contributed by atoms with Gasteiger partial charge in [0.05, 0.1) is 12.2 Å². The van der Waals surface area contributed by atoms with E-state index in [0.717, 1.165) is 5.56 Å². The summed E-state index contributed by atoms with van der Waals surface area (Å²) >= 11 is 0. The highest BCUT2D eigenvalue weighted by molar-refractivity contribution is 5.64. The number of rotatable bonds is 6. The van der Waals surface area contributed by atoms with Gasteiger partial charge in [-0.25, -0.2) is 9.78 Å². The van der Waals surface area contributed by atoms with Crippen molar-refractivity contribution in [2.75, 3.05) is 11.9 Å². The average Bonchev–Trinajstić information content (AvgIpc) is 2.96. The molecule has 2 unspecified atom stereocenters. The van der Waals surface area contributed by atoms with Crippen LogP contribution in [0, 0.1) is 18.3 Å². The third kappa shape index (κ3) is 5.17. The Bertz CT molecular complexity index is 706. The molecule has 2 aromatic heterocycles. The van der Waals surface area contributed by atoms with Gasteiger partial charge in [0.1, 0.15) is 5.82 Å². The van der Waals surface area contributed by atoms with Gasteiger partial charge in [0.2, 0.25) is 11.8 Å². The van der Waals surface area contributed by atoms with Gasteiger partial charge in [-0.3, -0.25) is 0 Å². The van der Waals surface area contributed by atoms with Crippen LogP contribution in [0.4, 0.5) is 10.6 Å². The molecule has 0 aliphatic carbocycles. The van der Waals surface area contributed by atoms with E-state index >= 15 is 0 Å². The standard InChI is InChI=1S/C17H25N5O3/c1-10(9-24-16(18)23)14(17(3,4)5)20-13-7-6-12(8-19-13)15-22-21-11(2)25-15/h6-8,10,14H,9H2,1-5H3,(H2,18,23)(H,19,20). The molecule has 0 aliphatic rings. The summed E-state index contributed by atoms with van der Waals surface area (Å²) in [7, 11) is 0. The number of hydrogen-bond donors (Lipinski definition) is 2. The quantitative estimate of drug-likeness (QED) is 0.825. The number of carbonyl (C=O) groups is 1. The van der Waals surface area contributed by atoms with E-state index in [-0.39, 0.29) is 24.0 Å². The van der Waals surface area contributed by atoms with Gasteiger partial charge < -0.3 is 20.2 Å². The molecule has 0 fully saturated rings. The first kappa shape index (κ1) is 18.7. The van der Waals surface area contributed by atoms with Crippen molar-refractivity contribution in [2.24, 2.45) is 17.1 Å². The molecule has 2 aromatic rings. The van der Waals surface area contributed by atoms with Gasteiger partial charge in [-0.15, -0.1) is 10.2 Å². The van der Waals surface area contributed by atoms with E-state index in [2.05, 4.69) is 41.3 Å². The first-order chi connectivity index (χ1) is 11.7. The zero-order valence-corrected chi connectivity index (χ0v) is 15.2. The van der Waals surface area contributed by atoms with Crippen LogP contribution in [0.2, 0.25) is 0 Å². The molecule has 2 rings (SSSR count). The Balaban J connectivity index is 2.11. The zero-order chi connectivity index (χ0) is 18.6. The minimum Gasteiger partial charge on any atom is -0.449 e. The van der Waals surface area contributed by atoms with Crippen LogP contribution in [-0.4, -0.2) is 33.9 Å². The predicted octanol–water partition coefficient (Wildman–Crippen LogP) is 3.00. The fraction of sp³-hybridized carbons (Fsp3) is 0.529. The number of primary amides is 1. The van der Waals surface area contributed by atoms with Gasteiger partial charge in [-0.2, -0.15) is 0 Å². The highest BCUT2D eigenvalue weighted by atomic mass is 16.5. The number of anilines is 1. The summed E-state index contributed by atoms with van der Waals surface area (Å²) in [6.45, 7) is 10.3. The van der Waals surface area contributed by atoms with Gasteiger partial charge in [0, 0.05) is 25.1 Å². The number of ether oxygens (including phenoxy) is 1. The summed E-state index contributed by atoms with van der Waals surface area (Å²) in [5, 5.41) is 11.2. The second kappa shape index (κ2) is 7.50. The Morgan fingerprint density at radius 1 is 1.36 bits per heavy atom. The summed E-state index contributed by atoms with van der Waals surface area (Å²) in [5.41, 5.74) is 5.74. The molecule has 2 atom stereocenters. The molecule has 3 N–H and O–H groups in total. The molecule has 0 saturated heterocycles. The van der Waals surface area contributed by atoms with Crippen molar-refractivity contribution in [3.8, 4) is 11.5 Å². The van der Waals surface area contributed by atoms with Crippen molar-refractivity contribution in [1.29, 1.82) is 0 Å². The van der Waals surface area contributed by atoms with Crippen molar-refractivity contribution >= 4 is 11.9 Å². The Kier molecular flexibility index (Phi) is 5.61. The molecule has 0 aromatic carbocycles. The van der Waals surface area contributed by atoms with Crippen LogP contribution in [0.25, 0.3) is 11.5 Å². The number of nitrogens with one attached hydrogen (secondary N) is 1. The van der Waals surface area contributed by atoms with E-state index in [4.69, 9.17) is 14.9 Å². The monoisotopic (exact) mass is 347 g/mol. The van der Waals surface area contributed by atoms with Crippen LogP contribution in [0.5, 0.6) is 0 Å². The molecule has 1 amide bonds. The highest BCUT2D eigenvalue weighted by Crippen LogP contribution is 2.29. The Hall–Kier alpha value is -2.64. The fourth-order valence-corrected chi connectivity index (χ4v) is 2.70. The molecule has 2 heterocycles. The first-order valence-corrected chi connectivity index (χ1v) is 8.12. The lowest BCUT2D eigenvalue weighted by Crippen LogP contribution is -2.42. The van der Waals surface area contributed by atoms with Crippen molar-refractivity contribution in [3.05, 3.63) is 24.2 Å². The Labute approximate surface area is 147 Å². The smallest absolute Gasteiger partial charge is 0.404 e. The molecular weight excluding hydrogens is 322 g/mol. The largest absolute Gasteiger partial charge is 0.449 e. The van der Waals surface area contributed by atoms with Crippen molar-refractivity contribution in [1.82, 2.24) is 15.2 Å². The maximum atomic E-state index is 10.9. The van der Waals surface area contributed by atoms with E-state index < -0.39 is 6.09 Å². The molecule has 0 spiro atoms. The van der Waals surface area contributed by atoms with Crippen LogP contribution in [0.3, 0.4) is 0 Å².